The Balaban J connectivity index is 1.97. The van der Waals surface area contributed by atoms with Gasteiger partial charge in [0.1, 0.15) is 5.75 Å². The molecule has 0 aliphatic heterocycles. The summed E-state index contributed by atoms with van der Waals surface area (Å²) in [4.78, 5) is 4.52. The summed E-state index contributed by atoms with van der Waals surface area (Å²) >= 11 is 11.1. The first-order chi connectivity index (χ1) is 9.65. The number of benzene rings is 2. The van der Waals surface area contributed by atoms with E-state index in [1.165, 1.54) is 11.3 Å². The van der Waals surface area contributed by atoms with Crippen LogP contribution in [0.4, 0.5) is 10.8 Å². The highest BCUT2D eigenvalue weighted by molar-refractivity contribution is 9.10. The van der Waals surface area contributed by atoms with Crippen LogP contribution in [0, 0.1) is 0 Å². The number of methoxy groups -OCH3 is 1. The monoisotopic (exact) mass is 368 g/mol. The fourth-order valence-corrected chi connectivity index (χ4v) is 3.49. The summed E-state index contributed by atoms with van der Waals surface area (Å²) in [5.41, 5.74) is 1.80. The highest BCUT2D eigenvalue weighted by Gasteiger charge is 2.08. The predicted molar refractivity (Wildman–Crippen MR) is 88.6 cm³/mol. The van der Waals surface area contributed by atoms with Crippen molar-refractivity contribution in [1.82, 2.24) is 4.98 Å². The number of hydrogen-bond acceptors (Lipinski definition) is 4. The average molecular weight is 370 g/mol. The first-order valence-electron chi connectivity index (χ1n) is 5.82. The molecule has 0 fully saturated rings. The minimum atomic E-state index is 0.722. The normalized spacial score (nSPS) is 10.8. The minimum absolute atomic E-state index is 0.722. The Morgan fingerprint density at radius 1 is 1.30 bits per heavy atom. The molecule has 102 valence electrons. The lowest BCUT2D eigenvalue weighted by Gasteiger charge is -2.06. The van der Waals surface area contributed by atoms with E-state index in [0.717, 1.165) is 36.3 Å². The van der Waals surface area contributed by atoms with E-state index in [9.17, 15) is 0 Å². The van der Waals surface area contributed by atoms with Crippen LogP contribution < -0.4 is 10.1 Å². The highest BCUT2D eigenvalue weighted by Crippen LogP contribution is 2.34. The SMILES string of the molecule is COc1cc(Br)cc(Nc2nc3cccc(Cl)c3s2)c1. The van der Waals surface area contributed by atoms with Crippen molar-refractivity contribution in [3.8, 4) is 5.75 Å². The molecule has 0 aliphatic carbocycles. The van der Waals surface area contributed by atoms with E-state index in [4.69, 9.17) is 16.3 Å². The van der Waals surface area contributed by atoms with E-state index in [1.54, 1.807) is 7.11 Å². The van der Waals surface area contributed by atoms with E-state index in [1.807, 2.05) is 36.4 Å². The number of anilines is 2. The fraction of sp³-hybridized carbons (Fsp3) is 0.0714. The molecule has 0 amide bonds. The van der Waals surface area contributed by atoms with Gasteiger partial charge in [0, 0.05) is 16.2 Å². The van der Waals surface area contributed by atoms with Gasteiger partial charge in [-0.2, -0.15) is 0 Å². The highest BCUT2D eigenvalue weighted by atomic mass is 79.9. The summed E-state index contributed by atoms with van der Waals surface area (Å²) in [5, 5.41) is 4.80. The van der Waals surface area contributed by atoms with Gasteiger partial charge in [-0.15, -0.1) is 0 Å². The molecule has 0 unspecified atom stereocenters. The summed E-state index contributed by atoms with van der Waals surface area (Å²) in [6, 6.07) is 11.5. The quantitative estimate of drug-likeness (QED) is 0.665. The number of rotatable bonds is 3. The van der Waals surface area contributed by atoms with Gasteiger partial charge in [0.05, 0.1) is 22.3 Å². The van der Waals surface area contributed by atoms with Gasteiger partial charge in [-0.05, 0) is 24.3 Å². The van der Waals surface area contributed by atoms with E-state index < -0.39 is 0 Å². The molecule has 1 aromatic heterocycles. The molecule has 0 aliphatic rings. The Labute approximate surface area is 133 Å². The number of ether oxygens (including phenoxy) is 1. The molecule has 3 rings (SSSR count). The van der Waals surface area contributed by atoms with E-state index in [-0.39, 0.29) is 0 Å². The van der Waals surface area contributed by atoms with Crippen molar-refractivity contribution in [2.75, 3.05) is 12.4 Å². The molecule has 3 nitrogen and oxygen atoms in total. The molecule has 0 atom stereocenters. The average Bonchev–Trinajstić information content (AvgIpc) is 2.82. The van der Waals surface area contributed by atoms with Crippen LogP contribution in [0.2, 0.25) is 5.02 Å². The zero-order valence-electron chi connectivity index (χ0n) is 10.5. The maximum absolute atomic E-state index is 6.16. The van der Waals surface area contributed by atoms with Crippen molar-refractivity contribution in [2.45, 2.75) is 0 Å². The van der Waals surface area contributed by atoms with Crippen LogP contribution >= 0.6 is 38.9 Å². The zero-order chi connectivity index (χ0) is 14.1. The van der Waals surface area contributed by atoms with Crippen molar-refractivity contribution in [3.63, 3.8) is 0 Å². The molecule has 1 heterocycles. The Hall–Kier alpha value is -1.30. The molecular weight excluding hydrogens is 360 g/mol. The van der Waals surface area contributed by atoms with Crippen molar-refractivity contribution < 1.29 is 4.74 Å². The number of thiazole rings is 1. The second-order valence-electron chi connectivity index (χ2n) is 4.11. The lowest BCUT2D eigenvalue weighted by Crippen LogP contribution is -1.91. The molecule has 2 aromatic carbocycles. The van der Waals surface area contributed by atoms with Crippen LogP contribution in [-0.2, 0) is 0 Å². The largest absolute Gasteiger partial charge is 0.497 e. The molecular formula is C14H10BrClN2OS. The van der Waals surface area contributed by atoms with E-state index in [2.05, 4.69) is 26.2 Å². The predicted octanol–water partition coefficient (Wildman–Crippen LogP) is 5.46. The third kappa shape index (κ3) is 2.75. The summed E-state index contributed by atoms with van der Waals surface area (Å²) < 4.78 is 7.17. The van der Waals surface area contributed by atoms with Crippen LogP contribution in [0.5, 0.6) is 5.75 Å². The summed E-state index contributed by atoms with van der Waals surface area (Å²) in [5.74, 6) is 0.779. The van der Waals surface area contributed by atoms with Crippen LogP contribution in [0.25, 0.3) is 10.2 Å². The second-order valence-corrected chi connectivity index (χ2v) is 6.43. The molecule has 0 radical (unpaired) electrons. The molecule has 0 spiro atoms. The second kappa shape index (κ2) is 5.60. The van der Waals surface area contributed by atoms with Crippen molar-refractivity contribution in [3.05, 3.63) is 45.9 Å². The lowest BCUT2D eigenvalue weighted by atomic mass is 10.3. The minimum Gasteiger partial charge on any atom is -0.497 e. The molecule has 3 aromatic rings. The maximum atomic E-state index is 6.16. The summed E-state index contributed by atoms with van der Waals surface area (Å²) in [6.45, 7) is 0. The molecule has 6 heteroatoms. The van der Waals surface area contributed by atoms with E-state index in [0.29, 0.717) is 0 Å². The van der Waals surface area contributed by atoms with Crippen LogP contribution in [0.1, 0.15) is 0 Å². The fourth-order valence-electron chi connectivity index (χ4n) is 1.85. The first-order valence-corrected chi connectivity index (χ1v) is 7.81. The smallest absolute Gasteiger partial charge is 0.188 e. The number of nitrogens with one attached hydrogen (secondary N) is 1. The first kappa shape index (κ1) is 13.7. The molecule has 0 saturated carbocycles. The summed E-state index contributed by atoms with van der Waals surface area (Å²) in [6.07, 6.45) is 0. The van der Waals surface area contributed by atoms with Crippen LogP contribution in [-0.4, -0.2) is 12.1 Å². The van der Waals surface area contributed by atoms with Crippen molar-refractivity contribution >= 4 is 59.9 Å². The standard InChI is InChI=1S/C14H10BrClN2OS/c1-19-10-6-8(15)5-9(7-10)17-14-18-12-4-2-3-11(16)13(12)20-14/h2-7H,1H3,(H,17,18). The van der Waals surface area contributed by atoms with Gasteiger partial charge < -0.3 is 10.1 Å². The zero-order valence-corrected chi connectivity index (χ0v) is 13.6. The summed E-state index contributed by atoms with van der Waals surface area (Å²) in [7, 11) is 1.64. The number of aromatic nitrogens is 1. The third-order valence-corrected chi connectivity index (χ3v) is 4.63. The van der Waals surface area contributed by atoms with Gasteiger partial charge in [0.2, 0.25) is 0 Å². The van der Waals surface area contributed by atoms with Gasteiger partial charge in [0.25, 0.3) is 0 Å². The molecule has 0 saturated heterocycles. The van der Waals surface area contributed by atoms with Gasteiger partial charge in [0.15, 0.2) is 5.13 Å². The van der Waals surface area contributed by atoms with Crippen molar-refractivity contribution in [2.24, 2.45) is 0 Å². The Kier molecular flexibility index (Phi) is 3.83. The number of fused-ring (bicyclic) bond motifs is 1. The van der Waals surface area contributed by atoms with Gasteiger partial charge in [-0.25, -0.2) is 4.98 Å². The Morgan fingerprint density at radius 2 is 2.15 bits per heavy atom. The molecule has 1 N–H and O–H groups in total. The van der Waals surface area contributed by atoms with Gasteiger partial charge >= 0.3 is 0 Å². The van der Waals surface area contributed by atoms with Crippen molar-refractivity contribution in [1.29, 1.82) is 0 Å². The number of hydrogen-bond donors (Lipinski definition) is 1. The van der Waals surface area contributed by atoms with E-state index >= 15 is 0 Å². The topological polar surface area (TPSA) is 34.1 Å². The lowest BCUT2D eigenvalue weighted by molar-refractivity contribution is 0.415. The Bertz CT molecular complexity index is 775. The Morgan fingerprint density at radius 3 is 2.90 bits per heavy atom. The van der Waals surface area contributed by atoms with Crippen LogP contribution in [0.3, 0.4) is 0 Å². The number of halogens is 2. The van der Waals surface area contributed by atoms with Crippen LogP contribution in [0.15, 0.2) is 40.9 Å². The third-order valence-electron chi connectivity index (χ3n) is 2.73. The number of nitrogens with zero attached hydrogens (tertiary/aromatic N) is 1. The van der Waals surface area contributed by atoms with Gasteiger partial charge in [-0.1, -0.05) is 44.9 Å². The maximum Gasteiger partial charge on any atom is 0.188 e. The molecule has 20 heavy (non-hydrogen) atoms. The van der Waals surface area contributed by atoms with Gasteiger partial charge in [-0.3, -0.25) is 0 Å². The molecule has 0 bridgehead atoms.